The Labute approximate surface area is 209 Å². The van der Waals surface area contributed by atoms with Crippen molar-refractivity contribution in [3.8, 4) is 23.1 Å². The SMILES string of the molecule is COc1ccc(C(=O)Nc2cc(C)nn2-c2nc3c(cnn3-c3ccc(Cl)cc3)c(=O)[nH]2)cc1OC. The first kappa shape index (κ1) is 23.1. The molecule has 2 aromatic carbocycles. The molecule has 1 amide bonds. The van der Waals surface area contributed by atoms with E-state index in [1.54, 1.807) is 55.5 Å². The van der Waals surface area contributed by atoms with Crippen LogP contribution in [0, 0.1) is 6.92 Å². The maximum Gasteiger partial charge on any atom is 0.263 e. The molecule has 5 aromatic rings. The van der Waals surface area contributed by atoms with Crippen molar-refractivity contribution in [1.82, 2.24) is 29.5 Å². The van der Waals surface area contributed by atoms with Crippen molar-refractivity contribution < 1.29 is 14.3 Å². The lowest BCUT2D eigenvalue weighted by Crippen LogP contribution is -2.19. The molecule has 0 aliphatic rings. The topological polar surface area (TPSA) is 129 Å². The van der Waals surface area contributed by atoms with Gasteiger partial charge in [0.05, 0.1) is 31.8 Å². The summed E-state index contributed by atoms with van der Waals surface area (Å²) < 4.78 is 13.4. The number of aromatic nitrogens is 6. The maximum absolute atomic E-state index is 13.0. The third-order valence-electron chi connectivity index (χ3n) is 5.42. The van der Waals surface area contributed by atoms with Gasteiger partial charge in [-0.25, -0.2) is 4.68 Å². The summed E-state index contributed by atoms with van der Waals surface area (Å²) in [5, 5.41) is 12.4. The van der Waals surface area contributed by atoms with Crippen LogP contribution in [0.4, 0.5) is 5.82 Å². The van der Waals surface area contributed by atoms with Crippen molar-refractivity contribution in [1.29, 1.82) is 0 Å². The lowest BCUT2D eigenvalue weighted by Gasteiger charge is -2.11. The fourth-order valence-electron chi connectivity index (χ4n) is 3.69. The summed E-state index contributed by atoms with van der Waals surface area (Å²) in [6.07, 6.45) is 1.44. The molecule has 0 saturated carbocycles. The Morgan fingerprint density at radius 3 is 2.50 bits per heavy atom. The summed E-state index contributed by atoms with van der Waals surface area (Å²) in [5.74, 6) is 0.932. The largest absolute Gasteiger partial charge is 0.493 e. The second-order valence-electron chi connectivity index (χ2n) is 7.77. The number of ether oxygens (including phenoxy) is 2. The second-order valence-corrected chi connectivity index (χ2v) is 8.20. The van der Waals surface area contributed by atoms with Crippen LogP contribution in [-0.2, 0) is 0 Å². The number of carbonyl (C=O) groups excluding carboxylic acids is 1. The molecule has 0 spiro atoms. The van der Waals surface area contributed by atoms with Crippen LogP contribution >= 0.6 is 11.6 Å². The number of benzene rings is 2. The number of methoxy groups -OCH3 is 2. The molecule has 0 unspecified atom stereocenters. The van der Waals surface area contributed by atoms with E-state index in [0.717, 1.165) is 0 Å². The molecule has 0 bridgehead atoms. The summed E-state index contributed by atoms with van der Waals surface area (Å²) in [6, 6.07) is 13.5. The smallest absolute Gasteiger partial charge is 0.263 e. The van der Waals surface area contributed by atoms with Crippen LogP contribution in [0.25, 0.3) is 22.7 Å². The van der Waals surface area contributed by atoms with Gasteiger partial charge in [-0.05, 0) is 49.4 Å². The zero-order valence-corrected chi connectivity index (χ0v) is 20.2. The summed E-state index contributed by atoms with van der Waals surface area (Å²) in [5.41, 5.74) is 1.54. The van der Waals surface area contributed by atoms with Gasteiger partial charge in [0.25, 0.3) is 11.5 Å². The van der Waals surface area contributed by atoms with Crippen molar-refractivity contribution in [3.05, 3.63) is 81.4 Å². The Hall–Kier alpha value is -4.64. The van der Waals surface area contributed by atoms with Crippen molar-refractivity contribution >= 4 is 34.4 Å². The average Bonchev–Trinajstić information content (AvgIpc) is 3.47. The highest BCUT2D eigenvalue weighted by Crippen LogP contribution is 2.28. The number of aryl methyl sites for hydroxylation is 1. The molecular formula is C24H20ClN7O4. The number of nitrogens with zero attached hydrogens (tertiary/aromatic N) is 5. The Morgan fingerprint density at radius 1 is 1.03 bits per heavy atom. The molecule has 5 rings (SSSR count). The standard InChI is InChI=1S/C24H20ClN7O4/c1-13-10-20(27-22(33)14-4-9-18(35-2)19(11-14)36-3)32(30-13)24-28-21-17(23(34)29-24)12-26-31(21)16-7-5-15(25)6-8-16/h4-12H,1-3H3,(H,27,33)(H,28,29,34). The Balaban J connectivity index is 1.54. The van der Waals surface area contributed by atoms with Gasteiger partial charge in [0.2, 0.25) is 5.95 Å². The molecular weight excluding hydrogens is 486 g/mol. The van der Waals surface area contributed by atoms with E-state index in [0.29, 0.717) is 50.3 Å². The number of aromatic amines is 1. The van der Waals surface area contributed by atoms with E-state index in [2.05, 4.69) is 25.5 Å². The molecule has 0 atom stereocenters. The molecule has 0 aliphatic carbocycles. The highest BCUT2D eigenvalue weighted by atomic mass is 35.5. The number of hydrogen-bond donors (Lipinski definition) is 2. The van der Waals surface area contributed by atoms with Crippen molar-refractivity contribution in [3.63, 3.8) is 0 Å². The monoisotopic (exact) mass is 505 g/mol. The van der Waals surface area contributed by atoms with Gasteiger partial charge in [-0.3, -0.25) is 14.6 Å². The lowest BCUT2D eigenvalue weighted by molar-refractivity contribution is 0.102. The highest BCUT2D eigenvalue weighted by Gasteiger charge is 2.18. The molecule has 3 heterocycles. The van der Waals surface area contributed by atoms with Gasteiger partial charge >= 0.3 is 0 Å². The fourth-order valence-corrected chi connectivity index (χ4v) is 3.82. The van der Waals surface area contributed by atoms with E-state index in [-0.39, 0.29) is 5.95 Å². The Kier molecular flexibility index (Phi) is 5.90. The minimum absolute atomic E-state index is 0.110. The van der Waals surface area contributed by atoms with Crippen LogP contribution in [0.5, 0.6) is 11.5 Å². The first-order chi connectivity index (χ1) is 17.4. The van der Waals surface area contributed by atoms with Gasteiger partial charge in [-0.2, -0.15) is 19.9 Å². The van der Waals surface area contributed by atoms with Gasteiger partial charge in [0.1, 0.15) is 11.2 Å². The highest BCUT2D eigenvalue weighted by molar-refractivity contribution is 6.30. The number of amides is 1. The van der Waals surface area contributed by atoms with E-state index in [1.165, 1.54) is 29.8 Å². The predicted octanol–water partition coefficient (Wildman–Crippen LogP) is 3.53. The van der Waals surface area contributed by atoms with Crippen LogP contribution in [0.15, 0.2) is 59.5 Å². The quantitative estimate of drug-likeness (QED) is 0.361. The fraction of sp³-hybridized carbons (Fsp3) is 0.125. The van der Waals surface area contributed by atoms with E-state index < -0.39 is 11.5 Å². The van der Waals surface area contributed by atoms with Crippen LogP contribution < -0.4 is 20.3 Å². The molecule has 2 N–H and O–H groups in total. The third-order valence-corrected chi connectivity index (χ3v) is 5.67. The van der Waals surface area contributed by atoms with E-state index >= 15 is 0 Å². The van der Waals surface area contributed by atoms with Gasteiger partial charge in [-0.15, -0.1) is 0 Å². The van der Waals surface area contributed by atoms with Gasteiger partial charge in [-0.1, -0.05) is 11.6 Å². The lowest BCUT2D eigenvalue weighted by atomic mass is 10.2. The first-order valence-electron chi connectivity index (χ1n) is 10.7. The maximum atomic E-state index is 13.0. The molecule has 12 heteroatoms. The van der Waals surface area contributed by atoms with Crippen LogP contribution in [0.2, 0.25) is 5.02 Å². The number of rotatable bonds is 6. The Bertz CT molecular complexity index is 1650. The third kappa shape index (κ3) is 4.16. The minimum atomic E-state index is -0.410. The molecule has 0 aliphatic heterocycles. The summed E-state index contributed by atoms with van der Waals surface area (Å²) in [6.45, 7) is 1.76. The Morgan fingerprint density at radius 2 is 1.78 bits per heavy atom. The number of anilines is 1. The van der Waals surface area contributed by atoms with Crippen molar-refractivity contribution in [2.45, 2.75) is 6.92 Å². The molecule has 0 radical (unpaired) electrons. The van der Waals surface area contributed by atoms with Crippen molar-refractivity contribution in [2.24, 2.45) is 0 Å². The number of hydrogen-bond acceptors (Lipinski definition) is 7. The van der Waals surface area contributed by atoms with Gasteiger partial charge in [0, 0.05) is 16.7 Å². The number of halogens is 1. The molecule has 0 saturated heterocycles. The van der Waals surface area contributed by atoms with Gasteiger partial charge in [0.15, 0.2) is 17.1 Å². The normalized spacial score (nSPS) is 11.0. The van der Waals surface area contributed by atoms with E-state index in [1.807, 2.05) is 0 Å². The average molecular weight is 506 g/mol. The zero-order chi connectivity index (χ0) is 25.4. The summed E-state index contributed by atoms with van der Waals surface area (Å²) >= 11 is 6.00. The number of nitrogens with one attached hydrogen (secondary N) is 2. The summed E-state index contributed by atoms with van der Waals surface area (Å²) in [4.78, 5) is 33.2. The molecule has 182 valence electrons. The number of carbonyl (C=O) groups is 1. The van der Waals surface area contributed by atoms with Crippen LogP contribution in [0.3, 0.4) is 0 Å². The van der Waals surface area contributed by atoms with Crippen LogP contribution in [0.1, 0.15) is 16.1 Å². The van der Waals surface area contributed by atoms with E-state index in [9.17, 15) is 9.59 Å². The van der Waals surface area contributed by atoms with E-state index in [4.69, 9.17) is 21.1 Å². The molecule has 0 fully saturated rings. The molecule has 36 heavy (non-hydrogen) atoms. The number of H-pyrrole nitrogens is 1. The second kappa shape index (κ2) is 9.19. The van der Waals surface area contributed by atoms with Crippen LogP contribution in [-0.4, -0.2) is 49.7 Å². The first-order valence-corrected chi connectivity index (χ1v) is 11.1. The van der Waals surface area contributed by atoms with Crippen molar-refractivity contribution in [2.75, 3.05) is 19.5 Å². The minimum Gasteiger partial charge on any atom is -0.493 e. The van der Waals surface area contributed by atoms with Gasteiger partial charge < -0.3 is 14.8 Å². The molecule has 11 nitrogen and oxygen atoms in total. The zero-order valence-electron chi connectivity index (χ0n) is 19.4. The predicted molar refractivity (Wildman–Crippen MR) is 134 cm³/mol. The molecule has 3 aromatic heterocycles. The number of fused-ring (bicyclic) bond motifs is 1. The summed E-state index contributed by atoms with van der Waals surface area (Å²) in [7, 11) is 3.01.